The Hall–Kier alpha value is -3.07. The molecule has 132 valence electrons. The summed E-state index contributed by atoms with van der Waals surface area (Å²) < 4.78 is 0. The Morgan fingerprint density at radius 1 is 0.846 bits per heavy atom. The first-order chi connectivity index (χ1) is 12.7. The molecule has 0 saturated heterocycles. The van der Waals surface area contributed by atoms with Crippen molar-refractivity contribution in [2.24, 2.45) is 0 Å². The molecule has 3 nitrogen and oxygen atoms in total. The molecule has 0 fully saturated rings. The minimum atomic E-state index is -0.172. The lowest BCUT2D eigenvalue weighted by Gasteiger charge is -2.19. The number of hydrogen-bond donors (Lipinski definition) is 2. The largest absolute Gasteiger partial charge is 0.508 e. The normalized spacial score (nSPS) is 11.7. The van der Waals surface area contributed by atoms with Crippen molar-refractivity contribution in [3.63, 3.8) is 0 Å². The number of phenols is 1. The number of rotatable bonds is 7. The van der Waals surface area contributed by atoms with E-state index in [1.165, 1.54) is 5.56 Å². The number of phenolic OH excluding ortho intramolecular Hbond substituents is 1. The van der Waals surface area contributed by atoms with Crippen LogP contribution in [-0.2, 0) is 11.2 Å². The minimum absolute atomic E-state index is 0.0157. The van der Waals surface area contributed by atoms with Crippen LogP contribution in [0.5, 0.6) is 5.75 Å². The summed E-state index contributed by atoms with van der Waals surface area (Å²) >= 11 is 0. The van der Waals surface area contributed by atoms with Gasteiger partial charge in [-0.05, 0) is 23.6 Å². The molecule has 2 N–H and O–H groups in total. The van der Waals surface area contributed by atoms with Crippen molar-refractivity contribution < 1.29 is 9.90 Å². The van der Waals surface area contributed by atoms with E-state index in [-0.39, 0.29) is 17.6 Å². The number of carbonyl (C=O) groups excluding carboxylic acids is 1. The van der Waals surface area contributed by atoms with E-state index in [4.69, 9.17) is 0 Å². The Morgan fingerprint density at radius 3 is 2.15 bits per heavy atom. The fraction of sp³-hybridized carbons (Fsp3) is 0.174. The highest BCUT2D eigenvalue weighted by atomic mass is 16.3. The molecular weight excluding hydrogens is 322 g/mol. The van der Waals surface area contributed by atoms with Crippen molar-refractivity contribution in [2.75, 3.05) is 6.54 Å². The molecule has 0 aliphatic rings. The zero-order chi connectivity index (χ0) is 18.2. The number of carbonyl (C=O) groups is 1. The molecule has 0 aromatic heterocycles. The second-order valence-corrected chi connectivity index (χ2v) is 6.31. The van der Waals surface area contributed by atoms with Crippen LogP contribution < -0.4 is 5.32 Å². The van der Waals surface area contributed by atoms with Crippen LogP contribution in [-0.4, -0.2) is 17.6 Å². The Balaban J connectivity index is 1.68. The fourth-order valence-corrected chi connectivity index (χ4v) is 3.12. The standard InChI is InChI=1S/C23H23NO2/c25-22-14-8-7-13-20(22)21(19-11-5-2-6-12-19)17-23(26)24-16-15-18-9-3-1-4-10-18/h1-14,21,25H,15-17H2,(H,24,26)/t21-/m1/s1. The highest BCUT2D eigenvalue weighted by Gasteiger charge is 2.20. The molecule has 0 heterocycles. The van der Waals surface area contributed by atoms with Crippen molar-refractivity contribution >= 4 is 5.91 Å². The molecular formula is C23H23NO2. The van der Waals surface area contributed by atoms with Crippen molar-refractivity contribution in [3.05, 3.63) is 102 Å². The third-order valence-electron chi connectivity index (χ3n) is 4.48. The van der Waals surface area contributed by atoms with E-state index in [9.17, 15) is 9.90 Å². The maximum Gasteiger partial charge on any atom is 0.220 e. The average molecular weight is 345 g/mol. The van der Waals surface area contributed by atoms with Gasteiger partial charge in [-0.15, -0.1) is 0 Å². The third-order valence-corrected chi connectivity index (χ3v) is 4.48. The highest BCUT2D eigenvalue weighted by Crippen LogP contribution is 2.33. The summed E-state index contributed by atoms with van der Waals surface area (Å²) in [6.45, 7) is 0.602. The quantitative estimate of drug-likeness (QED) is 0.672. The molecule has 3 rings (SSSR count). The maximum atomic E-state index is 12.5. The summed E-state index contributed by atoms with van der Waals surface area (Å²) in [7, 11) is 0. The topological polar surface area (TPSA) is 49.3 Å². The lowest BCUT2D eigenvalue weighted by atomic mass is 9.87. The van der Waals surface area contributed by atoms with Crippen LogP contribution >= 0.6 is 0 Å². The van der Waals surface area contributed by atoms with Crippen LogP contribution in [0.15, 0.2) is 84.9 Å². The number of hydrogen-bond acceptors (Lipinski definition) is 2. The summed E-state index contributed by atoms with van der Waals surface area (Å²) in [5.41, 5.74) is 3.00. The Bertz CT molecular complexity index is 831. The van der Waals surface area contributed by atoms with Gasteiger partial charge in [0.1, 0.15) is 5.75 Å². The lowest BCUT2D eigenvalue weighted by molar-refractivity contribution is -0.121. The molecule has 26 heavy (non-hydrogen) atoms. The first-order valence-electron chi connectivity index (χ1n) is 8.87. The fourth-order valence-electron chi connectivity index (χ4n) is 3.12. The van der Waals surface area contributed by atoms with Crippen LogP contribution in [0.1, 0.15) is 29.0 Å². The molecule has 0 unspecified atom stereocenters. The van der Waals surface area contributed by atoms with E-state index < -0.39 is 0 Å². The van der Waals surface area contributed by atoms with Gasteiger partial charge in [-0.2, -0.15) is 0 Å². The van der Waals surface area contributed by atoms with Crippen LogP contribution in [0.3, 0.4) is 0 Å². The number of para-hydroxylation sites is 1. The smallest absolute Gasteiger partial charge is 0.220 e. The van der Waals surface area contributed by atoms with Gasteiger partial charge < -0.3 is 10.4 Å². The molecule has 0 aliphatic heterocycles. The first kappa shape index (κ1) is 17.7. The third kappa shape index (κ3) is 4.73. The zero-order valence-electron chi connectivity index (χ0n) is 14.6. The van der Waals surface area contributed by atoms with Crippen LogP contribution in [0, 0.1) is 0 Å². The van der Waals surface area contributed by atoms with Crippen molar-refractivity contribution in [1.29, 1.82) is 0 Å². The van der Waals surface area contributed by atoms with Crippen molar-refractivity contribution in [2.45, 2.75) is 18.8 Å². The van der Waals surface area contributed by atoms with Gasteiger partial charge in [0.15, 0.2) is 0 Å². The van der Waals surface area contributed by atoms with Gasteiger partial charge in [-0.25, -0.2) is 0 Å². The van der Waals surface area contributed by atoms with Gasteiger partial charge in [0.25, 0.3) is 0 Å². The van der Waals surface area contributed by atoms with Gasteiger partial charge in [0, 0.05) is 24.4 Å². The van der Waals surface area contributed by atoms with Gasteiger partial charge in [-0.3, -0.25) is 4.79 Å². The Kier molecular flexibility index (Phi) is 6.05. The van der Waals surface area contributed by atoms with Gasteiger partial charge in [0.2, 0.25) is 5.91 Å². The van der Waals surface area contributed by atoms with Crippen LogP contribution in [0.2, 0.25) is 0 Å². The summed E-state index contributed by atoms with van der Waals surface area (Å²) in [5.74, 6) is 0.0330. The average Bonchev–Trinajstić information content (AvgIpc) is 2.68. The van der Waals surface area contributed by atoms with E-state index in [0.29, 0.717) is 13.0 Å². The first-order valence-corrected chi connectivity index (χ1v) is 8.87. The van der Waals surface area contributed by atoms with E-state index in [2.05, 4.69) is 17.4 Å². The number of nitrogens with one attached hydrogen (secondary N) is 1. The van der Waals surface area contributed by atoms with E-state index in [0.717, 1.165) is 17.5 Å². The van der Waals surface area contributed by atoms with E-state index >= 15 is 0 Å². The molecule has 0 aliphatic carbocycles. The SMILES string of the molecule is O=C(C[C@H](c1ccccc1)c1ccccc1O)NCCc1ccccc1. The van der Waals surface area contributed by atoms with E-state index in [1.54, 1.807) is 12.1 Å². The summed E-state index contributed by atoms with van der Waals surface area (Å²) in [6, 6.07) is 27.2. The molecule has 0 saturated carbocycles. The minimum Gasteiger partial charge on any atom is -0.508 e. The summed E-state index contributed by atoms with van der Waals surface area (Å²) in [4.78, 5) is 12.5. The van der Waals surface area contributed by atoms with Gasteiger partial charge in [-0.1, -0.05) is 78.9 Å². The molecule has 0 bridgehead atoms. The zero-order valence-corrected chi connectivity index (χ0v) is 14.6. The molecule has 0 radical (unpaired) electrons. The lowest BCUT2D eigenvalue weighted by Crippen LogP contribution is -2.27. The molecule has 0 spiro atoms. The van der Waals surface area contributed by atoms with Crippen molar-refractivity contribution in [3.8, 4) is 5.75 Å². The summed E-state index contributed by atoms with van der Waals surface area (Å²) in [6.07, 6.45) is 1.11. The molecule has 1 atom stereocenters. The summed E-state index contributed by atoms with van der Waals surface area (Å²) in [5, 5.41) is 13.2. The monoisotopic (exact) mass is 345 g/mol. The maximum absolute atomic E-state index is 12.5. The molecule has 3 heteroatoms. The second-order valence-electron chi connectivity index (χ2n) is 6.31. The van der Waals surface area contributed by atoms with Gasteiger partial charge >= 0.3 is 0 Å². The van der Waals surface area contributed by atoms with Crippen molar-refractivity contribution in [1.82, 2.24) is 5.32 Å². The molecule has 3 aromatic rings. The predicted molar refractivity (Wildman–Crippen MR) is 104 cm³/mol. The highest BCUT2D eigenvalue weighted by molar-refractivity contribution is 5.77. The number of aromatic hydroxyl groups is 1. The predicted octanol–water partition coefficient (Wildman–Crippen LogP) is 4.27. The van der Waals surface area contributed by atoms with Crippen LogP contribution in [0.4, 0.5) is 0 Å². The van der Waals surface area contributed by atoms with Gasteiger partial charge in [0.05, 0.1) is 0 Å². The number of amides is 1. The number of benzene rings is 3. The van der Waals surface area contributed by atoms with E-state index in [1.807, 2.05) is 60.7 Å². The Morgan fingerprint density at radius 2 is 1.46 bits per heavy atom. The molecule has 1 amide bonds. The van der Waals surface area contributed by atoms with Crippen LogP contribution in [0.25, 0.3) is 0 Å². The molecule has 3 aromatic carbocycles. The second kappa shape index (κ2) is 8.86. The Labute approximate surface area is 154 Å².